The van der Waals surface area contributed by atoms with E-state index in [0.717, 1.165) is 22.6 Å². The second-order valence-electron chi connectivity index (χ2n) is 8.09. The number of benzene rings is 2. The Morgan fingerprint density at radius 3 is 2.56 bits per heavy atom. The Hall–Kier alpha value is -3.65. The summed E-state index contributed by atoms with van der Waals surface area (Å²) in [5.41, 5.74) is 4.27. The fourth-order valence-electron chi connectivity index (χ4n) is 3.26. The molecule has 2 heterocycles. The summed E-state index contributed by atoms with van der Waals surface area (Å²) in [4.78, 5) is 16.5. The highest BCUT2D eigenvalue weighted by atomic mass is 32.2. The quantitative estimate of drug-likeness (QED) is 0.334. The second-order valence-corrected chi connectivity index (χ2v) is 9.03. The number of aromatic nitrogens is 4. The van der Waals surface area contributed by atoms with Crippen molar-refractivity contribution in [1.29, 1.82) is 0 Å². The molecule has 7 nitrogen and oxygen atoms in total. The Morgan fingerprint density at radius 1 is 1.06 bits per heavy atom. The maximum atomic E-state index is 12.4. The molecule has 0 aliphatic rings. The Kier molecular flexibility index (Phi) is 7.93. The van der Waals surface area contributed by atoms with Crippen LogP contribution in [0.4, 0.5) is 0 Å². The van der Waals surface area contributed by atoms with Gasteiger partial charge in [-0.15, -0.1) is 10.2 Å². The van der Waals surface area contributed by atoms with E-state index >= 15 is 0 Å². The molecular formula is C26H27N5O2S. The first kappa shape index (κ1) is 23.5. The number of carbonyl (C=O) groups is 1. The average Bonchev–Trinajstić information content (AvgIpc) is 3.35. The van der Waals surface area contributed by atoms with Gasteiger partial charge in [-0.2, -0.15) is 0 Å². The van der Waals surface area contributed by atoms with Gasteiger partial charge in [-0.3, -0.25) is 14.3 Å². The molecule has 0 aliphatic heterocycles. The van der Waals surface area contributed by atoms with Crippen molar-refractivity contribution in [3.05, 3.63) is 96.1 Å². The van der Waals surface area contributed by atoms with Gasteiger partial charge < -0.3 is 10.1 Å². The molecule has 1 amide bonds. The van der Waals surface area contributed by atoms with Gasteiger partial charge in [0.2, 0.25) is 5.91 Å². The van der Waals surface area contributed by atoms with E-state index in [4.69, 9.17) is 4.74 Å². The number of ether oxygens (including phenoxy) is 1. The van der Waals surface area contributed by atoms with Gasteiger partial charge in [-0.25, -0.2) is 0 Å². The number of rotatable bonds is 10. The number of nitrogens with zero attached hydrogens (tertiary/aromatic N) is 4. The van der Waals surface area contributed by atoms with Crippen LogP contribution in [0.15, 0.2) is 84.5 Å². The van der Waals surface area contributed by atoms with Crippen molar-refractivity contribution in [3.8, 4) is 11.4 Å². The highest BCUT2D eigenvalue weighted by Crippen LogP contribution is 2.22. The monoisotopic (exact) mass is 473 g/mol. The largest absolute Gasteiger partial charge is 0.489 e. The molecule has 8 heteroatoms. The van der Waals surface area contributed by atoms with Crippen LogP contribution in [0.3, 0.4) is 0 Å². The van der Waals surface area contributed by atoms with Crippen molar-refractivity contribution < 1.29 is 9.53 Å². The van der Waals surface area contributed by atoms with Gasteiger partial charge >= 0.3 is 0 Å². The summed E-state index contributed by atoms with van der Waals surface area (Å²) in [5, 5.41) is 11.8. The molecule has 0 fully saturated rings. The zero-order valence-electron chi connectivity index (χ0n) is 19.2. The van der Waals surface area contributed by atoms with E-state index in [0.29, 0.717) is 24.2 Å². The lowest BCUT2D eigenvalue weighted by molar-refractivity contribution is -0.118. The number of thioether (sulfide) groups is 1. The van der Waals surface area contributed by atoms with E-state index in [2.05, 4.69) is 46.5 Å². The minimum atomic E-state index is -0.0633. The first-order valence-corrected chi connectivity index (χ1v) is 12.1. The van der Waals surface area contributed by atoms with Gasteiger partial charge in [0.25, 0.3) is 0 Å². The third kappa shape index (κ3) is 6.45. The lowest BCUT2D eigenvalue weighted by Crippen LogP contribution is -2.24. The SMILES string of the molecule is CC(C)c1ccc(-n2cnnc2SCC(=O)NCc2ccc(OCc3cccnc3)cc2)cc1. The van der Waals surface area contributed by atoms with Gasteiger partial charge in [-0.05, 0) is 47.4 Å². The fourth-order valence-corrected chi connectivity index (χ4v) is 4.01. The molecule has 174 valence electrons. The van der Waals surface area contributed by atoms with E-state index in [9.17, 15) is 4.79 Å². The summed E-state index contributed by atoms with van der Waals surface area (Å²) in [6.07, 6.45) is 5.19. The lowest BCUT2D eigenvalue weighted by atomic mass is 10.0. The maximum absolute atomic E-state index is 12.4. The fraction of sp³-hybridized carbons (Fsp3) is 0.231. The van der Waals surface area contributed by atoms with Crippen LogP contribution in [0, 0.1) is 0 Å². The summed E-state index contributed by atoms with van der Waals surface area (Å²) in [6.45, 7) is 5.25. The molecule has 4 aromatic rings. The van der Waals surface area contributed by atoms with Crippen LogP contribution in [-0.4, -0.2) is 31.4 Å². The molecule has 0 aliphatic carbocycles. The third-order valence-corrected chi connectivity index (χ3v) is 6.17. The molecule has 2 aromatic heterocycles. The van der Waals surface area contributed by atoms with Crippen molar-refractivity contribution in [1.82, 2.24) is 25.1 Å². The molecule has 0 unspecified atom stereocenters. The van der Waals surface area contributed by atoms with Crippen molar-refractivity contribution >= 4 is 17.7 Å². The Balaban J connectivity index is 1.24. The summed E-state index contributed by atoms with van der Waals surface area (Å²) >= 11 is 1.36. The van der Waals surface area contributed by atoms with E-state index < -0.39 is 0 Å². The molecule has 0 radical (unpaired) electrons. The summed E-state index contributed by atoms with van der Waals surface area (Å²) in [7, 11) is 0. The number of nitrogens with one attached hydrogen (secondary N) is 1. The predicted molar refractivity (Wildman–Crippen MR) is 133 cm³/mol. The van der Waals surface area contributed by atoms with Crippen LogP contribution in [0.1, 0.15) is 36.5 Å². The van der Waals surface area contributed by atoms with Gasteiger partial charge in [-0.1, -0.05) is 55.9 Å². The summed E-state index contributed by atoms with van der Waals surface area (Å²) < 4.78 is 7.67. The molecule has 0 atom stereocenters. The average molecular weight is 474 g/mol. The zero-order valence-corrected chi connectivity index (χ0v) is 20.0. The van der Waals surface area contributed by atoms with Crippen LogP contribution in [0.2, 0.25) is 0 Å². The molecule has 0 spiro atoms. The van der Waals surface area contributed by atoms with Crippen LogP contribution < -0.4 is 10.1 Å². The topological polar surface area (TPSA) is 81.9 Å². The zero-order chi connectivity index (χ0) is 23.8. The van der Waals surface area contributed by atoms with Crippen LogP contribution in [0.5, 0.6) is 5.75 Å². The van der Waals surface area contributed by atoms with Crippen molar-refractivity contribution in [2.24, 2.45) is 0 Å². The minimum absolute atomic E-state index is 0.0633. The van der Waals surface area contributed by atoms with Gasteiger partial charge in [0.1, 0.15) is 18.7 Å². The highest BCUT2D eigenvalue weighted by Gasteiger charge is 2.11. The molecule has 4 rings (SSSR count). The molecule has 0 saturated carbocycles. The number of carbonyl (C=O) groups excluding carboxylic acids is 1. The summed E-state index contributed by atoms with van der Waals surface area (Å²) in [5.74, 6) is 1.44. The second kappa shape index (κ2) is 11.5. The third-order valence-electron chi connectivity index (χ3n) is 5.23. The van der Waals surface area contributed by atoms with Crippen LogP contribution in [0.25, 0.3) is 5.69 Å². The van der Waals surface area contributed by atoms with Crippen LogP contribution >= 0.6 is 11.8 Å². The van der Waals surface area contributed by atoms with E-state index in [1.165, 1.54) is 17.3 Å². The van der Waals surface area contributed by atoms with Crippen LogP contribution in [-0.2, 0) is 17.9 Å². The lowest BCUT2D eigenvalue weighted by Gasteiger charge is -2.10. The number of hydrogen-bond donors (Lipinski definition) is 1. The predicted octanol–water partition coefficient (Wildman–Crippen LogP) is 4.77. The maximum Gasteiger partial charge on any atom is 0.230 e. The van der Waals surface area contributed by atoms with Crippen molar-refractivity contribution in [2.45, 2.75) is 38.1 Å². The van der Waals surface area contributed by atoms with Crippen molar-refractivity contribution in [2.75, 3.05) is 5.75 Å². The number of amides is 1. The van der Waals surface area contributed by atoms with Gasteiger partial charge in [0, 0.05) is 30.2 Å². The molecule has 1 N–H and O–H groups in total. The van der Waals surface area contributed by atoms with Gasteiger partial charge in [0.15, 0.2) is 5.16 Å². The van der Waals surface area contributed by atoms with E-state index in [1.807, 2.05) is 53.1 Å². The first-order valence-electron chi connectivity index (χ1n) is 11.1. The Labute approximate surface area is 203 Å². The molecule has 2 aromatic carbocycles. The highest BCUT2D eigenvalue weighted by molar-refractivity contribution is 7.99. The smallest absolute Gasteiger partial charge is 0.230 e. The Morgan fingerprint density at radius 2 is 1.85 bits per heavy atom. The van der Waals surface area contributed by atoms with E-state index in [1.54, 1.807) is 18.7 Å². The molecular weight excluding hydrogens is 446 g/mol. The standard InChI is InChI=1S/C26H27N5O2S/c1-19(2)22-7-9-23(10-8-22)31-18-29-30-26(31)34-17-25(32)28-15-20-5-11-24(12-6-20)33-16-21-4-3-13-27-14-21/h3-14,18-19H,15-17H2,1-2H3,(H,28,32). The van der Waals surface area contributed by atoms with E-state index in [-0.39, 0.29) is 11.7 Å². The number of pyridine rings is 1. The minimum Gasteiger partial charge on any atom is -0.489 e. The number of hydrogen-bond acceptors (Lipinski definition) is 6. The Bertz CT molecular complexity index is 1190. The van der Waals surface area contributed by atoms with Crippen molar-refractivity contribution in [3.63, 3.8) is 0 Å². The summed E-state index contributed by atoms with van der Waals surface area (Å²) in [6, 6.07) is 19.9. The first-order chi connectivity index (χ1) is 16.6. The molecule has 0 bridgehead atoms. The van der Waals surface area contributed by atoms with Gasteiger partial charge in [0.05, 0.1) is 5.75 Å². The molecule has 0 saturated heterocycles. The molecule has 34 heavy (non-hydrogen) atoms. The normalized spacial score (nSPS) is 10.9.